The van der Waals surface area contributed by atoms with E-state index in [1.807, 2.05) is 29.2 Å². The Hall–Kier alpha value is -2.29. The highest BCUT2D eigenvalue weighted by atomic mass is 35.5. The van der Waals surface area contributed by atoms with Crippen molar-refractivity contribution < 1.29 is 19.5 Å². The number of thioether (sulfide) groups is 1. The number of hydrogen-bond donors (Lipinski definition) is 1. The maximum Gasteiger partial charge on any atom is 0.251 e. The summed E-state index contributed by atoms with van der Waals surface area (Å²) in [5, 5.41) is 9.59. The van der Waals surface area contributed by atoms with E-state index in [2.05, 4.69) is 19.1 Å². The van der Waals surface area contributed by atoms with E-state index in [0.717, 1.165) is 37.8 Å². The van der Waals surface area contributed by atoms with Gasteiger partial charge in [-0.15, -0.1) is 11.8 Å². The van der Waals surface area contributed by atoms with E-state index in [-0.39, 0.29) is 29.6 Å². The summed E-state index contributed by atoms with van der Waals surface area (Å²) in [6, 6.07) is 6.51. The third-order valence-electron chi connectivity index (χ3n) is 8.18. The van der Waals surface area contributed by atoms with Crippen molar-refractivity contribution in [3.63, 3.8) is 0 Å². The number of likely N-dealkylation sites (tertiary alicyclic amines) is 1. The topological polar surface area (TPSA) is 81.2 Å². The van der Waals surface area contributed by atoms with Crippen LogP contribution < -0.4 is 4.90 Å². The van der Waals surface area contributed by atoms with Crippen LogP contribution in [-0.4, -0.2) is 81.5 Å². The second kappa shape index (κ2) is 11.4. The Balaban J connectivity index is 1.53. The van der Waals surface area contributed by atoms with E-state index in [4.69, 9.17) is 16.7 Å². The van der Waals surface area contributed by atoms with Crippen molar-refractivity contribution in [2.75, 3.05) is 37.7 Å². The van der Waals surface area contributed by atoms with E-state index in [0.29, 0.717) is 31.2 Å². The lowest BCUT2D eigenvalue weighted by atomic mass is 9.78. The summed E-state index contributed by atoms with van der Waals surface area (Å²) in [7, 11) is 0. The average molecular weight is 558 g/mol. The number of carbonyl (C=O) groups excluding carboxylic acids is 3. The Labute approximate surface area is 233 Å². The second-order valence-corrected chi connectivity index (χ2v) is 12.5. The zero-order chi connectivity index (χ0) is 26.9. The molecule has 1 N–H and O–H groups in total. The first-order chi connectivity index (χ1) is 18.4. The van der Waals surface area contributed by atoms with Crippen molar-refractivity contribution in [2.45, 2.75) is 55.1 Å². The number of unbranched alkanes of at least 4 members (excludes halogenated alkanes) is 3. The lowest BCUT2D eigenvalue weighted by Gasteiger charge is -2.35. The van der Waals surface area contributed by atoms with Gasteiger partial charge in [0.05, 0.1) is 16.6 Å². The van der Waals surface area contributed by atoms with Crippen molar-refractivity contribution in [2.24, 2.45) is 11.8 Å². The third kappa shape index (κ3) is 4.69. The summed E-state index contributed by atoms with van der Waals surface area (Å²) in [4.78, 5) is 47.8. The molecule has 0 bridgehead atoms. The molecule has 7 nitrogen and oxygen atoms in total. The number of nitrogens with zero attached hydrogens (tertiary/aromatic N) is 3. The molecule has 38 heavy (non-hydrogen) atoms. The smallest absolute Gasteiger partial charge is 0.251 e. The number of amides is 3. The summed E-state index contributed by atoms with van der Waals surface area (Å²) in [6.45, 7) is 4.28. The number of carbonyl (C=O) groups is 3. The predicted octanol–water partition coefficient (Wildman–Crippen LogP) is 3.90. The van der Waals surface area contributed by atoms with Gasteiger partial charge in [0, 0.05) is 48.7 Å². The quantitative estimate of drug-likeness (QED) is 0.368. The Kier molecular flexibility index (Phi) is 8.22. The first-order valence-electron chi connectivity index (χ1n) is 13.7. The number of aliphatic hydroxyl groups is 1. The Morgan fingerprint density at radius 3 is 2.47 bits per heavy atom. The van der Waals surface area contributed by atoms with E-state index in [1.165, 1.54) is 0 Å². The van der Waals surface area contributed by atoms with Gasteiger partial charge >= 0.3 is 0 Å². The predicted molar refractivity (Wildman–Crippen MR) is 151 cm³/mol. The van der Waals surface area contributed by atoms with Crippen LogP contribution in [0.5, 0.6) is 0 Å². The third-order valence-corrected chi connectivity index (χ3v) is 10.2. The first kappa shape index (κ1) is 27.3. The van der Waals surface area contributed by atoms with Gasteiger partial charge in [0.1, 0.15) is 6.04 Å². The van der Waals surface area contributed by atoms with Crippen LogP contribution in [0.4, 0.5) is 5.69 Å². The van der Waals surface area contributed by atoms with Crippen LogP contribution in [0.25, 0.3) is 0 Å². The van der Waals surface area contributed by atoms with Crippen LogP contribution in [-0.2, 0) is 14.4 Å². The van der Waals surface area contributed by atoms with Gasteiger partial charge in [0.25, 0.3) is 5.91 Å². The molecule has 1 spiro atoms. The summed E-state index contributed by atoms with van der Waals surface area (Å²) in [5.74, 6) is -1.26. The molecular weight excluding hydrogens is 522 g/mol. The van der Waals surface area contributed by atoms with Crippen LogP contribution in [0.1, 0.15) is 39.0 Å². The molecule has 204 valence electrons. The summed E-state index contributed by atoms with van der Waals surface area (Å²) >= 11 is 7.74. The first-order valence-corrected chi connectivity index (χ1v) is 15.0. The van der Waals surface area contributed by atoms with Crippen molar-refractivity contribution in [3.05, 3.63) is 53.6 Å². The average Bonchev–Trinajstić information content (AvgIpc) is 3.22. The maximum atomic E-state index is 14.4. The Morgan fingerprint density at radius 2 is 1.74 bits per heavy atom. The fraction of sp³-hybridized carbons (Fsp3) is 0.552. The number of rotatable bonds is 9. The summed E-state index contributed by atoms with van der Waals surface area (Å²) < 4.78 is -0.801. The molecule has 5 atom stereocenters. The zero-order valence-corrected chi connectivity index (χ0v) is 23.4. The molecule has 1 aromatic rings. The highest BCUT2D eigenvalue weighted by Crippen LogP contribution is 2.61. The molecule has 4 aliphatic rings. The highest BCUT2D eigenvalue weighted by molar-refractivity contribution is 8.02. The van der Waals surface area contributed by atoms with E-state index in [1.54, 1.807) is 33.7 Å². The molecule has 4 aliphatic heterocycles. The molecular formula is C29H36ClN3O4S. The normalized spacial score (nSPS) is 30.4. The molecule has 0 saturated carbocycles. The van der Waals surface area contributed by atoms with Crippen LogP contribution >= 0.6 is 23.4 Å². The van der Waals surface area contributed by atoms with Gasteiger partial charge in [-0.3, -0.25) is 14.4 Å². The monoisotopic (exact) mass is 557 g/mol. The molecule has 1 aromatic carbocycles. The molecule has 0 radical (unpaired) electrons. The molecule has 4 heterocycles. The van der Waals surface area contributed by atoms with Gasteiger partial charge in [-0.1, -0.05) is 55.7 Å². The van der Waals surface area contributed by atoms with Crippen molar-refractivity contribution in [1.82, 2.24) is 9.80 Å². The summed E-state index contributed by atoms with van der Waals surface area (Å²) in [5.41, 5.74) is 0.738. The zero-order valence-electron chi connectivity index (χ0n) is 21.8. The van der Waals surface area contributed by atoms with Gasteiger partial charge < -0.3 is 19.8 Å². The Morgan fingerprint density at radius 1 is 0.974 bits per heavy atom. The highest BCUT2D eigenvalue weighted by Gasteiger charge is 2.70. The van der Waals surface area contributed by atoms with Crippen molar-refractivity contribution in [1.29, 1.82) is 0 Å². The van der Waals surface area contributed by atoms with E-state index in [9.17, 15) is 14.4 Å². The number of anilines is 1. The van der Waals surface area contributed by atoms with E-state index < -0.39 is 22.6 Å². The van der Waals surface area contributed by atoms with E-state index >= 15 is 0 Å². The van der Waals surface area contributed by atoms with Gasteiger partial charge in [0.15, 0.2) is 0 Å². The van der Waals surface area contributed by atoms with Gasteiger partial charge in [0.2, 0.25) is 11.8 Å². The number of benzene rings is 1. The lowest BCUT2D eigenvalue weighted by Crippen LogP contribution is -2.53. The number of fused-ring (bicyclic) bond motifs is 2. The maximum absolute atomic E-state index is 14.4. The minimum absolute atomic E-state index is 0.0211. The molecule has 2 fully saturated rings. The fourth-order valence-electron chi connectivity index (χ4n) is 6.50. The molecule has 0 aliphatic carbocycles. The molecule has 9 heteroatoms. The van der Waals surface area contributed by atoms with Crippen molar-refractivity contribution in [3.8, 4) is 0 Å². The molecule has 0 aromatic heterocycles. The molecule has 3 amide bonds. The van der Waals surface area contributed by atoms with Crippen LogP contribution in [0.15, 0.2) is 48.6 Å². The molecule has 2 saturated heterocycles. The number of halogens is 1. The lowest BCUT2D eigenvalue weighted by molar-refractivity contribution is -0.142. The van der Waals surface area contributed by atoms with Crippen LogP contribution in [0.3, 0.4) is 0 Å². The number of aliphatic hydroxyl groups excluding tert-OH is 1. The number of hydrogen-bond acceptors (Lipinski definition) is 5. The fourth-order valence-corrected chi connectivity index (χ4v) is 8.63. The van der Waals surface area contributed by atoms with Gasteiger partial charge in [-0.2, -0.15) is 0 Å². The van der Waals surface area contributed by atoms with Crippen LogP contribution in [0.2, 0.25) is 5.02 Å². The van der Waals surface area contributed by atoms with Gasteiger partial charge in [-0.25, -0.2) is 0 Å². The molecule has 1 unspecified atom stereocenters. The Bertz CT molecular complexity index is 1130. The van der Waals surface area contributed by atoms with Crippen LogP contribution in [0, 0.1) is 11.8 Å². The largest absolute Gasteiger partial charge is 0.396 e. The minimum Gasteiger partial charge on any atom is -0.396 e. The summed E-state index contributed by atoms with van der Waals surface area (Å²) in [6.07, 6.45) is 12.2. The second-order valence-electron chi connectivity index (χ2n) is 10.6. The SMILES string of the molecule is CCCN1CC=C[C@@H]2S[C@]34C=CCN(c5ccc(Cl)cc5)C(=O)C3N(CCCCCCO)C(=O)[C@@H]4[C@@H]2C1=O. The van der Waals surface area contributed by atoms with Crippen molar-refractivity contribution >= 4 is 46.8 Å². The van der Waals surface area contributed by atoms with Gasteiger partial charge in [-0.05, 0) is 43.5 Å². The minimum atomic E-state index is -0.801. The standard InChI is InChI=1S/C29H36ClN3O4S/c1-2-15-31-16-7-9-22-23(26(31)35)24-27(36)33(17-5-3-4-6-19-34)25-28(37)32(18-8-14-29(24,25)38-22)21-12-10-20(30)11-13-21/h7-14,22-25,34H,2-6,15-19H2,1H3/t22-,23+,24-,25?,29-/m0/s1. The molecule has 5 rings (SSSR count).